The molecule has 0 aliphatic rings. The molecule has 0 aromatic heterocycles. The second-order valence-corrected chi connectivity index (χ2v) is 7.33. The molecule has 0 fully saturated rings. The molecule has 128 valence electrons. The van der Waals surface area contributed by atoms with Crippen molar-refractivity contribution in [2.45, 2.75) is 44.8 Å². The minimum absolute atomic E-state index is 0.295. The van der Waals surface area contributed by atoms with Gasteiger partial charge in [0, 0.05) is 18.4 Å². The van der Waals surface area contributed by atoms with Crippen molar-refractivity contribution < 1.29 is 9.53 Å². The van der Waals surface area contributed by atoms with Gasteiger partial charge in [0.2, 0.25) is 0 Å². The maximum Gasteiger partial charge on any atom is 0.410 e. The van der Waals surface area contributed by atoms with Gasteiger partial charge in [0.1, 0.15) is 5.60 Å². The summed E-state index contributed by atoms with van der Waals surface area (Å²) < 4.78 is 5.57. The lowest BCUT2D eigenvalue weighted by Gasteiger charge is -2.27. The summed E-state index contributed by atoms with van der Waals surface area (Å²) in [5.41, 5.74) is 2.87. The number of amides is 1. The van der Waals surface area contributed by atoms with Crippen molar-refractivity contribution in [3.8, 4) is 0 Å². The van der Waals surface area contributed by atoms with E-state index in [0.29, 0.717) is 13.1 Å². The van der Waals surface area contributed by atoms with E-state index in [9.17, 15) is 4.79 Å². The molecule has 4 heteroatoms. The third-order valence-electron chi connectivity index (χ3n) is 3.42. The molecule has 2 rings (SSSR count). The molecule has 1 amide bonds. The van der Waals surface area contributed by atoms with Crippen LogP contribution >= 0.6 is 15.9 Å². The molecule has 2 aromatic carbocycles. The zero-order chi connectivity index (χ0) is 17.6. The fraction of sp³-hybridized carbons (Fsp3) is 0.350. The van der Waals surface area contributed by atoms with Crippen LogP contribution in [0.25, 0.3) is 0 Å². The normalized spacial score (nSPS) is 11.2. The Labute approximate surface area is 152 Å². The van der Waals surface area contributed by atoms with Gasteiger partial charge >= 0.3 is 6.09 Å². The van der Waals surface area contributed by atoms with Crippen LogP contribution in [-0.4, -0.2) is 16.6 Å². The van der Waals surface area contributed by atoms with E-state index in [-0.39, 0.29) is 6.09 Å². The van der Waals surface area contributed by atoms with Crippen LogP contribution in [0.1, 0.15) is 37.5 Å². The number of carbonyl (C=O) groups excluding carboxylic acids is 1. The highest BCUT2D eigenvalue weighted by molar-refractivity contribution is 9.08. The third kappa shape index (κ3) is 6.00. The number of nitrogens with zero attached hydrogens (tertiary/aromatic N) is 1. The molecule has 2 aromatic rings. The van der Waals surface area contributed by atoms with Crippen molar-refractivity contribution in [3.63, 3.8) is 0 Å². The molecule has 0 saturated carbocycles. The van der Waals surface area contributed by atoms with Gasteiger partial charge in [-0.05, 0) is 37.5 Å². The summed E-state index contributed by atoms with van der Waals surface area (Å²) in [5, 5.41) is 0.826. The summed E-state index contributed by atoms with van der Waals surface area (Å²) in [7, 11) is 0. The molecular weight excluding hydrogens is 366 g/mol. The molecule has 0 aliphatic carbocycles. The molecule has 0 heterocycles. The Balaban J connectivity index is 2.16. The van der Waals surface area contributed by atoms with Crippen LogP contribution in [0.2, 0.25) is 0 Å². The minimum Gasteiger partial charge on any atom is -0.444 e. The lowest BCUT2D eigenvalue weighted by molar-refractivity contribution is 0.0216. The number of hydrogen-bond acceptors (Lipinski definition) is 2. The zero-order valence-corrected chi connectivity index (χ0v) is 16.0. The molecule has 24 heavy (non-hydrogen) atoms. The number of hydrogen-bond donors (Lipinski definition) is 0. The standard InChI is InChI=1S/C20H24BrNO2/c1-20(2,3)24-19(23)22(14-17-7-5-4-6-8-17)15-18-11-9-16(13-21)10-12-18/h4-12H,13-15H2,1-3H3. The Morgan fingerprint density at radius 1 is 0.917 bits per heavy atom. The highest BCUT2D eigenvalue weighted by atomic mass is 79.9. The summed E-state index contributed by atoms with van der Waals surface area (Å²) in [4.78, 5) is 14.3. The van der Waals surface area contributed by atoms with Gasteiger partial charge in [0.05, 0.1) is 0 Å². The van der Waals surface area contributed by atoms with E-state index in [0.717, 1.165) is 16.5 Å². The topological polar surface area (TPSA) is 29.5 Å². The van der Waals surface area contributed by atoms with E-state index in [1.165, 1.54) is 5.56 Å². The summed E-state index contributed by atoms with van der Waals surface area (Å²) in [6, 6.07) is 18.2. The van der Waals surface area contributed by atoms with E-state index in [2.05, 4.69) is 40.2 Å². The fourth-order valence-electron chi connectivity index (χ4n) is 2.27. The molecule has 0 spiro atoms. The third-order valence-corrected chi connectivity index (χ3v) is 4.07. The molecule has 0 radical (unpaired) electrons. The van der Waals surface area contributed by atoms with Crippen LogP contribution in [0.15, 0.2) is 54.6 Å². The minimum atomic E-state index is -0.508. The Bertz CT molecular complexity index is 648. The Hall–Kier alpha value is -1.81. The highest BCUT2D eigenvalue weighted by Crippen LogP contribution is 2.16. The number of ether oxygens (including phenoxy) is 1. The van der Waals surface area contributed by atoms with Crippen molar-refractivity contribution in [1.82, 2.24) is 4.90 Å². The predicted molar refractivity (Wildman–Crippen MR) is 101 cm³/mol. The van der Waals surface area contributed by atoms with E-state index in [1.54, 1.807) is 4.90 Å². The smallest absolute Gasteiger partial charge is 0.410 e. The van der Waals surface area contributed by atoms with Gasteiger partial charge in [-0.2, -0.15) is 0 Å². The van der Waals surface area contributed by atoms with Gasteiger partial charge in [-0.25, -0.2) is 4.79 Å². The lowest BCUT2D eigenvalue weighted by Crippen LogP contribution is -2.36. The second kappa shape index (κ2) is 8.34. The Morgan fingerprint density at radius 2 is 1.42 bits per heavy atom. The second-order valence-electron chi connectivity index (χ2n) is 6.77. The molecular formula is C20H24BrNO2. The first-order valence-electron chi connectivity index (χ1n) is 8.03. The molecule has 0 unspecified atom stereocenters. The van der Waals surface area contributed by atoms with Crippen LogP contribution in [0, 0.1) is 0 Å². The van der Waals surface area contributed by atoms with Crippen LogP contribution < -0.4 is 0 Å². The zero-order valence-electron chi connectivity index (χ0n) is 14.5. The Kier molecular flexibility index (Phi) is 6.44. The monoisotopic (exact) mass is 389 g/mol. The van der Waals surface area contributed by atoms with Crippen LogP contribution in [0.3, 0.4) is 0 Å². The van der Waals surface area contributed by atoms with E-state index < -0.39 is 5.60 Å². The van der Waals surface area contributed by atoms with Crippen molar-refractivity contribution in [2.24, 2.45) is 0 Å². The van der Waals surface area contributed by atoms with E-state index in [1.807, 2.05) is 51.1 Å². The molecule has 0 N–H and O–H groups in total. The van der Waals surface area contributed by atoms with Crippen molar-refractivity contribution >= 4 is 22.0 Å². The summed E-state index contributed by atoms with van der Waals surface area (Å²) in [6.07, 6.45) is -0.295. The number of alkyl halides is 1. The van der Waals surface area contributed by atoms with Gasteiger partial charge in [0.15, 0.2) is 0 Å². The Morgan fingerprint density at radius 3 is 1.92 bits per heavy atom. The molecule has 0 atom stereocenters. The van der Waals surface area contributed by atoms with Gasteiger partial charge < -0.3 is 4.74 Å². The van der Waals surface area contributed by atoms with Crippen molar-refractivity contribution in [1.29, 1.82) is 0 Å². The van der Waals surface area contributed by atoms with Gasteiger partial charge in [-0.15, -0.1) is 0 Å². The first-order valence-corrected chi connectivity index (χ1v) is 9.15. The molecule has 0 aliphatic heterocycles. The van der Waals surface area contributed by atoms with Gasteiger partial charge in [-0.1, -0.05) is 70.5 Å². The predicted octanol–water partition coefficient (Wildman–Crippen LogP) is 5.52. The number of carbonyl (C=O) groups is 1. The molecule has 0 saturated heterocycles. The lowest BCUT2D eigenvalue weighted by atomic mass is 10.1. The first-order chi connectivity index (χ1) is 11.4. The van der Waals surface area contributed by atoms with Crippen LogP contribution in [-0.2, 0) is 23.2 Å². The maximum absolute atomic E-state index is 12.6. The summed E-state index contributed by atoms with van der Waals surface area (Å²) in [6.45, 7) is 6.70. The van der Waals surface area contributed by atoms with Gasteiger partial charge in [0.25, 0.3) is 0 Å². The fourth-order valence-corrected chi connectivity index (χ4v) is 2.64. The van der Waals surface area contributed by atoms with E-state index in [4.69, 9.17) is 4.74 Å². The van der Waals surface area contributed by atoms with Crippen molar-refractivity contribution in [2.75, 3.05) is 0 Å². The largest absolute Gasteiger partial charge is 0.444 e. The number of halogens is 1. The molecule has 0 bridgehead atoms. The average Bonchev–Trinajstić information content (AvgIpc) is 2.54. The van der Waals surface area contributed by atoms with E-state index >= 15 is 0 Å². The number of rotatable bonds is 5. The molecule has 3 nitrogen and oxygen atoms in total. The first kappa shape index (κ1) is 18.5. The average molecular weight is 390 g/mol. The maximum atomic E-state index is 12.6. The van der Waals surface area contributed by atoms with Crippen LogP contribution in [0.4, 0.5) is 4.79 Å². The highest BCUT2D eigenvalue weighted by Gasteiger charge is 2.22. The summed E-state index contributed by atoms with van der Waals surface area (Å²) >= 11 is 3.45. The quantitative estimate of drug-likeness (QED) is 0.630. The van der Waals surface area contributed by atoms with Crippen LogP contribution in [0.5, 0.6) is 0 Å². The SMILES string of the molecule is CC(C)(C)OC(=O)N(Cc1ccccc1)Cc1ccc(CBr)cc1. The number of benzene rings is 2. The van der Waals surface area contributed by atoms with Crippen molar-refractivity contribution in [3.05, 3.63) is 71.3 Å². The summed E-state index contributed by atoms with van der Waals surface area (Å²) in [5.74, 6) is 0. The van der Waals surface area contributed by atoms with Gasteiger partial charge in [-0.3, -0.25) is 4.90 Å².